The number of pyridine rings is 1. The van der Waals surface area contributed by atoms with E-state index in [9.17, 15) is 9.90 Å². The topological polar surface area (TPSA) is 110 Å². The minimum absolute atomic E-state index is 0.0679. The molecule has 0 fully saturated rings. The molecule has 0 saturated carbocycles. The Morgan fingerprint density at radius 2 is 2.00 bits per heavy atom. The van der Waals surface area contributed by atoms with E-state index in [2.05, 4.69) is 32.4 Å². The molecule has 0 bridgehead atoms. The Kier molecular flexibility index (Phi) is 3.90. The largest absolute Gasteiger partial charge is 0.477 e. The Bertz CT molecular complexity index is 1130. The zero-order chi connectivity index (χ0) is 18.3. The first-order chi connectivity index (χ1) is 12.7. The highest BCUT2D eigenvalue weighted by molar-refractivity contribution is 6.08. The minimum Gasteiger partial charge on any atom is -0.477 e. The molecule has 4 heterocycles. The molecule has 0 atom stereocenters. The molecular weight excluding hydrogens is 334 g/mol. The molecule has 9 nitrogen and oxygen atoms in total. The van der Waals surface area contributed by atoms with Crippen LogP contribution in [0.25, 0.3) is 27.6 Å². The molecule has 4 aromatic heterocycles. The molecule has 134 valence electrons. The zero-order valence-corrected chi connectivity index (χ0v) is 14.6. The van der Waals surface area contributed by atoms with E-state index in [4.69, 9.17) is 0 Å². The number of hydrogen-bond donors (Lipinski definition) is 2. The predicted molar refractivity (Wildman–Crippen MR) is 97.6 cm³/mol. The SMILES string of the molecule is CCCCNc1nc2c(C(=O)O)cnn2c2c1cnc1c2cnn1CC. The first-order valence-corrected chi connectivity index (χ1v) is 8.64. The maximum atomic E-state index is 11.6. The van der Waals surface area contributed by atoms with Crippen LogP contribution in [0.4, 0.5) is 5.82 Å². The fourth-order valence-electron chi connectivity index (χ4n) is 3.10. The van der Waals surface area contributed by atoms with Gasteiger partial charge in [0.05, 0.1) is 28.7 Å². The fraction of sp³-hybridized carbons (Fsp3) is 0.353. The number of hydrogen-bond acceptors (Lipinski definition) is 6. The van der Waals surface area contributed by atoms with Crippen LogP contribution in [-0.4, -0.2) is 47.0 Å². The Morgan fingerprint density at radius 3 is 2.73 bits per heavy atom. The summed E-state index contributed by atoms with van der Waals surface area (Å²) in [6, 6.07) is 0. The summed E-state index contributed by atoms with van der Waals surface area (Å²) in [6.07, 6.45) is 6.85. The molecule has 0 aromatic carbocycles. The van der Waals surface area contributed by atoms with Gasteiger partial charge in [0.15, 0.2) is 11.3 Å². The monoisotopic (exact) mass is 353 g/mol. The molecule has 0 unspecified atom stereocenters. The van der Waals surface area contributed by atoms with Gasteiger partial charge >= 0.3 is 5.97 Å². The van der Waals surface area contributed by atoms with E-state index < -0.39 is 5.97 Å². The molecule has 0 amide bonds. The van der Waals surface area contributed by atoms with Crippen molar-refractivity contribution in [2.24, 2.45) is 0 Å². The number of nitrogens with zero attached hydrogens (tertiary/aromatic N) is 6. The van der Waals surface area contributed by atoms with Crippen molar-refractivity contribution in [3.63, 3.8) is 0 Å². The second-order valence-electron chi connectivity index (χ2n) is 6.06. The average Bonchev–Trinajstić information content (AvgIpc) is 3.25. The first-order valence-electron chi connectivity index (χ1n) is 8.64. The summed E-state index contributed by atoms with van der Waals surface area (Å²) < 4.78 is 3.36. The number of unbranched alkanes of at least 4 members (excludes halogenated alkanes) is 1. The number of carbonyl (C=O) groups is 1. The van der Waals surface area contributed by atoms with Gasteiger partial charge in [-0.25, -0.2) is 24.0 Å². The normalized spacial score (nSPS) is 11.6. The van der Waals surface area contributed by atoms with Gasteiger partial charge in [-0.1, -0.05) is 13.3 Å². The van der Waals surface area contributed by atoms with Gasteiger partial charge in [-0.05, 0) is 13.3 Å². The zero-order valence-electron chi connectivity index (χ0n) is 14.6. The van der Waals surface area contributed by atoms with Crippen molar-refractivity contribution in [3.8, 4) is 0 Å². The van der Waals surface area contributed by atoms with Crippen LogP contribution >= 0.6 is 0 Å². The Hall–Kier alpha value is -3.23. The van der Waals surface area contributed by atoms with E-state index in [-0.39, 0.29) is 5.56 Å². The second kappa shape index (κ2) is 6.25. The maximum absolute atomic E-state index is 11.6. The summed E-state index contributed by atoms with van der Waals surface area (Å²) in [5.41, 5.74) is 1.87. The van der Waals surface area contributed by atoms with Crippen molar-refractivity contribution in [2.45, 2.75) is 33.2 Å². The number of carboxylic acid groups (broad SMARTS) is 1. The predicted octanol–water partition coefficient (Wildman–Crippen LogP) is 2.56. The molecule has 9 heteroatoms. The summed E-state index contributed by atoms with van der Waals surface area (Å²) in [7, 11) is 0. The number of aryl methyl sites for hydroxylation is 1. The highest BCUT2D eigenvalue weighted by atomic mass is 16.4. The highest BCUT2D eigenvalue weighted by Crippen LogP contribution is 2.29. The molecule has 4 aromatic rings. The molecule has 4 rings (SSSR count). The van der Waals surface area contributed by atoms with Crippen LogP contribution in [0, 0.1) is 0 Å². The third-order valence-electron chi connectivity index (χ3n) is 4.42. The minimum atomic E-state index is -1.05. The van der Waals surface area contributed by atoms with Crippen molar-refractivity contribution in [1.29, 1.82) is 0 Å². The van der Waals surface area contributed by atoms with Gasteiger partial charge in [0.25, 0.3) is 0 Å². The van der Waals surface area contributed by atoms with Crippen LogP contribution in [0.2, 0.25) is 0 Å². The van der Waals surface area contributed by atoms with Gasteiger partial charge in [-0.2, -0.15) is 10.2 Å². The van der Waals surface area contributed by atoms with Crippen molar-refractivity contribution in [3.05, 3.63) is 24.2 Å². The van der Waals surface area contributed by atoms with Gasteiger partial charge in [-0.3, -0.25) is 0 Å². The summed E-state index contributed by atoms with van der Waals surface area (Å²) in [5, 5.41) is 23.0. The van der Waals surface area contributed by atoms with E-state index in [0.717, 1.165) is 41.3 Å². The van der Waals surface area contributed by atoms with E-state index in [1.54, 1.807) is 21.6 Å². The van der Waals surface area contributed by atoms with Gasteiger partial charge in [0.2, 0.25) is 0 Å². The number of aromatic carboxylic acids is 1. The van der Waals surface area contributed by atoms with Crippen molar-refractivity contribution in [2.75, 3.05) is 11.9 Å². The maximum Gasteiger partial charge on any atom is 0.341 e. The van der Waals surface area contributed by atoms with E-state index in [1.165, 1.54) is 6.20 Å². The smallest absolute Gasteiger partial charge is 0.341 e. The first kappa shape index (κ1) is 16.2. The lowest BCUT2D eigenvalue weighted by molar-refractivity contribution is 0.0699. The second-order valence-corrected chi connectivity index (χ2v) is 6.06. The molecule has 0 radical (unpaired) electrons. The van der Waals surface area contributed by atoms with Gasteiger partial charge in [-0.15, -0.1) is 0 Å². The summed E-state index contributed by atoms with van der Waals surface area (Å²) in [6.45, 7) is 5.55. The Morgan fingerprint density at radius 1 is 1.15 bits per heavy atom. The molecular formula is C17H19N7O2. The van der Waals surface area contributed by atoms with Gasteiger partial charge in [0.1, 0.15) is 11.4 Å². The Labute approximate surface area is 148 Å². The van der Waals surface area contributed by atoms with Crippen LogP contribution in [0.3, 0.4) is 0 Å². The summed E-state index contributed by atoms with van der Waals surface area (Å²) in [5.74, 6) is -0.441. The molecule has 0 spiro atoms. The number of carboxylic acids is 1. The average molecular weight is 353 g/mol. The number of aromatic nitrogens is 6. The number of rotatable bonds is 6. The van der Waals surface area contributed by atoms with E-state index in [1.807, 2.05) is 6.92 Å². The van der Waals surface area contributed by atoms with Crippen LogP contribution in [0.5, 0.6) is 0 Å². The molecule has 0 saturated heterocycles. The quantitative estimate of drug-likeness (QED) is 0.513. The fourth-order valence-corrected chi connectivity index (χ4v) is 3.10. The Balaban J connectivity index is 2.08. The lowest BCUT2D eigenvalue weighted by Gasteiger charge is -2.11. The number of nitrogens with one attached hydrogen (secondary N) is 1. The van der Waals surface area contributed by atoms with Crippen LogP contribution < -0.4 is 5.32 Å². The number of anilines is 1. The van der Waals surface area contributed by atoms with Gasteiger partial charge in [0, 0.05) is 19.3 Å². The molecule has 26 heavy (non-hydrogen) atoms. The van der Waals surface area contributed by atoms with Crippen LogP contribution in [0.1, 0.15) is 37.0 Å². The molecule has 0 aliphatic carbocycles. The molecule has 2 N–H and O–H groups in total. The summed E-state index contributed by atoms with van der Waals surface area (Å²) >= 11 is 0. The molecule has 0 aliphatic heterocycles. The van der Waals surface area contributed by atoms with Gasteiger partial charge < -0.3 is 10.4 Å². The van der Waals surface area contributed by atoms with E-state index >= 15 is 0 Å². The van der Waals surface area contributed by atoms with Crippen LogP contribution in [-0.2, 0) is 6.54 Å². The van der Waals surface area contributed by atoms with Crippen molar-refractivity contribution < 1.29 is 9.90 Å². The van der Waals surface area contributed by atoms with Crippen molar-refractivity contribution >= 4 is 39.4 Å². The third kappa shape index (κ3) is 2.35. The van der Waals surface area contributed by atoms with E-state index in [0.29, 0.717) is 18.0 Å². The number of fused-ring (bicyclic) bond motifs is 5. The lowest BCUT2D eigenvalue weighted by atomic mass is 10.2. The highest BCUT2D eigenvalue weighted by Gasteiger charge is 2.20. The summed E-state index contributed by atoms with van der Waals surface area (Å²) in [4.78, 5) is 20.6. The van der Waals surface area contributed by atoms with Crippen LogP contribution in [0.15, 0.2) is 18.6 Å². The van der Waals surface area contributed by atoms with Crippen molar-refractivity contribution in [1.82, 2.24) is 29.4 Å². The lowest BCUT2D eigenvalue weighted by Crippen LogP contribution is -2.08. The standard InChI is InChI=1S/C17H19N7O2/c1-3-5-6-18-14-10-7-19-15-11(8-20-23(15)4-2)13(10)24-16(22-14)12(9-21-24)17(25)26/h7-9H,3-6H2,1-2H3,(H,18,22)(H,25,26). The molecule has 0 aliphatic rings. The third-order valence-corrected chi connectivity index (χ3v) is 4.42.